The fourth-order valence-corrected chi connectivity index (χ4v) is 5.11. The van der Waals surface area contributed by atoms with Crippen molar-refractivity contribution in [1.82, 2.24) is 0 Å². The molecule has 0 aliphatic heterocycles. The summed E-state index contributed by atoms with van der Waals surface area (Å²) < 4.78 is 58.9. The second kappa shape index (κ2) is 8.12. The molecule has 2 aromatic carbocycles. The van der Waals surface area contributed by atoms with Crippen molar-refractivity contribution < 1.29 is 17.6 Å². The topological polar surface area (TPSA) is 0 Å². The van der Waals surface area contributed by atoms with Crippen molar-refractivity contribution in [2.75, 3.05) is 0 Å². The maximum Gasteiger partial charge on any atom is 0.167 e. The van der Waals surface area contributed by atoms with Crippen LogP contribution in [-0.2, 0) is 19.3 Å². The highest BCUT2D eigenvalue weighted by molar-refractivity contribution is 5.79. The van der Waals surface area contributed by atoms with Crippen LogP contribution in [0.25, 0.3) is 11.1 Å². The van der Waals surface area contributed by atoms with Crippen LogP contribution in [0.4, 0.5) is 17.6 Å². The summed E-state index contributed by atoms with van der Waals surface area (Å²) in [4.78, 5) is 0. The van der Waals surface area contributed by atoms with E-state index >= 15 is 0 Å². The standard InChI is InChI=1S/C25H28F4/c1-3-4-16-11-18-13-19-12-17(10-9-15-7-5-14(2)6-8-15)23(27)25(29)21(19)20(18)24(28)22(16)26/h11-12,14-15H,3-10,13H2,1-2H3. The number of hydrogen-bond donors (Lipinski definition) is 0. The van der Waals surface area contributed by atoms with Gasteiger partial charge in [0.25, 0.3) is 0 Å². The molecule has 0 N–H and O–H groups in total. The average molecular weight is 404 g/mol. The second-order valence-corrected chi connectivity index (χ2v) is 8.99. The third kappa shape index (κ3) is 3.71. The number of aryl methyl sites for hydroxylation is 2. The Morgan fingerprint density at radius 1 is 0.759 bits per heavy atom. The normalized spacial score (nSPS) is 20.6. The molecule has 2 aliphatic carbocycles. The number of halogens is 4. The molecule has 0 unspecified atom stereocenters. The molecule has 4 heteroatoms. The van der Waals surface area contributed by atoms with Crippen LogP contribution in [0.1, 0.15) is 74.6 Å². The van der Waals surface area contributed by atoms with Crippen LogP contribution in [0.15, 0.2) is 12.1 Å². The van der Waals surface area contributed by atoms with E-state index in [-0.39, 0.29) is 11.1 Å². The van der Waals surface area contributed by atoms with E-state index in [2.05, 4.69) is 6.92 Å². The van der Waals surface area contributed by atoms with Gasteiger partial charge in [-0.1, -0.05) is 58.1 Å². The predicted octanol–water partition coefficient (Wildman–Crippen LogP) is 7.53. The molecule has 2 aliphatic rings. The van der Waals surface area contributed by atoms with E-state index < -0.39 is 23.3 Å². The first-order valence-electron chi connectivity index (χ1n) is 10.9. The van der Waals surface area contributed by atoms with Crippen molar-refractivity contribution in [3.05, 3.63) is 57.7 Å². The minimum atomic E-state index is -1.05. The molecule has 0 atom stereocenters. The number of rotatable bonds is 5. The molecule has 0 heterocycles. The summed E-state index contributed by atoms with van der Waals surface area (Å²) >= 11 is 0. The first-order chi connectivity index (χ1) is 13.9. The fourth-order valence-electron chi connectivity index (χ4n) is 5.11. The molecule has 0 bridgehead atoms. The minimum absolute atomic E-state index is 0.0906. The number of benzene rings is 2. The first kappa shape index (κ1) is 20.4. The van der Waals surface area contributed by atoms with Crippen molar-refractivity contribution in [3.63, 3.8) is 0 Å². The smallest absolute Gasteiger partial charge is 0.167 e. The summed E-state index contributed by atoms with van der Waals surface area (Å²) in [7, 11) is 0. The minimum Gasteiger partial charge on any atom is -0.203 e. The molecule has 2 aromatic rings. The first-order valence-corrected chi connectivity index (χ1v) is 10.9. The molecule has 4 rings (SSSR count). The lowest BCUT2D eigenvalue weighted by Gasteiger charge is -2.26. The summed E-state index contributed by atoms with van der Waals surface area (Å²) in [5, 5.41) is 0. The van der Waals surface area contributed by atoms with Crippen LogP contribution in [0.5, 0.6) is 0 Å². The van der Waals surface area contributed by atoms with Gasteiger partial charge >= 0.3 is 0 Å². The molecular weight excluding hydrogens is 376 g/mol. The molecular formula is C25H28F4. The molecule has 0 nitrogen and oxygen atoms in total. The summed E-state index contributed by atoms with van der Waals surface area (Å²) in [5.74, 6) is -2.61. The van der Waals surface area contributed by atoms with Gasteiger partial charge in [0, 0.05) is 11.1 Å². The van der Waals surface area contributed by atoms with Gasteiger partial charge in [0.15, 0.2) is 23.3 Å². The van der Waals surface area contributed by atoms with Crippen LogP contribution in [0.3, 0.4) is 0 Å². The lowest BCUT2D eigenvalue weighted by Crippen LogP contribution is -2.13. The van der Waals surface area contributed by atoms with E-state index in [0.29, 0.717) is 53.9 Å². The van der Waals surface area contributed by atoms with E-state index in [4.69, 9.17) is 0 Å². The number of hydrogen-bond acceptors (Lipinski definition) is 0. The van der Waals surface area contributed by atoms with E-state index in [1.54, 1.807) is 12.1 Å². The zero-order valence-electron chi connectivity index (χ0n) is 17.2. The molecule has 1 saturated carbocycles. The third-order valence-corrected chi connectivity index (χ3v) is 6.83. The largest absolute Gasteiger partial charge is 0.203 e. The highest BCUT2D eigenvalue weighted by Crippen LogP contribution is 2.43. The summed E-state index contributed by atoms with van der Waals surface area (Å²) in [5.41, 5.74) is 1.61. The van der Waals surface area contributed by atoms with Gasteiger partial charge < -0.3 is 0 Å². The Labute approximate surface area is 170 Å². The summed E-state index contributed by atoms with van der Waals surface area (Å²) in [6, 6.07) is 3.30. The molecule has 156 valence electrons. The van der Waals surface area contributed by atoms with Crippen molar-refractivity contribution >= 4 is 0 Å². The van der Waals surface area contributed by atoms with Gasteiger partial charge in [-0.2, -0.15) is 0 Å². The van der Waals surface area contributed by atoms with Gasteiger partial charge in [0.1, 0.15) is 0 Å². The lowest BCUT2D eigenvalue weighted by molar-refractivity contribution is 0.277. The Morgan fingerprint density at radius 2 is 1.28 bits per heavy atom. The van der Waals surface area contributed by atoms with Gasteiger partial charge in [-0.15, -0.1) is 0 Å². The SMILES string of the molecule is CCCc1cc2c(c(F)c1F)-c1c(cc(CCC3CCC(C)CC3)c(F)c1F)C2. The monoisotopic (exact) mass is 404 g/mol. The van der Waals surface area contributed by atoms with E-state index in [1.165, 1.54) is 12.8 Å². The van der Waals surface area contributed by atoms with Gasteiger partial charge in [-0.05, 0) is 59.8 Å². The van der Waals surface area contributed by atoms with Crippen molar-refractivity contribution in [1.29, 1.82) is 0 Å². The predicted molar refractivity (Wildman–Crippen MR) is 108 cm³/mol. The molecule has 0 amide bonds. The van der Waals surface area contributed by atoms with E-state index in [0.717, 1.165) is 25.2 Å². The maximum absolute atomic E-state index is 15.0. The Bertz CT molecular complexity index is 923. The molecule has 0 spiro atoms. The van der Waals surface area contributed by atoms with Gasteiger partial charge in [0.2, 0.25) is 0 Å². The summed E-state index contributed by atoms with van der Waals surface area (Å²) in [6.45, 7) is 4.16. The zero-order chi connectivity index (χ0) is 20.7. The molecule has 29 heavy (non-hydrogen) atoms. The molecule has 0 radical (unpaired) electrons. The van der Waals surface area contributed by atoms with Crippen molar-refractivity contribution in [3.8, 4) is 11.1 Å². The molecule has 0 saturated heterocycles. The van der Waals surface area contributed by atoms with Crippen LogP contribution >= 0.6 is 0 Å². The quantitative estimate of drug-likeness (QED) is 0.386. The molecule has 0 aromatic heterocycles. The number of fused-ring (bicyclic) bond motifs is 3. The fraction of sp³-hybridized carbons (Fsp3) is 0.520. The van der Waals surface area contributed by atoms with Crippen molar-refractivity contribution in [2.24, 2.45) is 11.8 Å². The van der Waals surface area contributed by atoms with E-state index in [9.17, 15) is 17.6 Å². The third-order valence-electron chi connectivity index (χ3n) is 6.83. The summed E-state index contributed by atoms with van der Waals surface area (Å²) in [6.07, 6.45) is 7.46. The Morgan fingerprint density at radius 3 is 1.79 bits per heavy atom. The Balaban J connectivity index is 1.63. The average Bonchev–Trinajstić information content (AvgIpc) is 3.07. The van der Waals surface area contributed by atoms with Crippen LogP contribution in [0, 0.1) is 35.1 Å². The van der Waals surface area contributed by atoms with Gasteiger partial charge in [-0.25, -0.2) is 17.6 Å². The van der Waals surface area contributed by atoms with Crippen molar-refractivity contribution in [2.45, 2.75) is 71.6 Å². The highest BCUT2D eigenvalue weighted by Gasteiger charge is 2.32. The van der Waals surface area contributed by atoms with Gasteiger partial charge in [0.05, 0.1) is 0 Å². The van der Waals surface area contributed by atoms with Crippen LogP contribution in [0.2, 0.25) is 0 Å². The molecule has 1 fully saturated rings. The lowest BCUT2D eigenvalue weighted by atomic mass is 9.80. The van der Waals surface area contributed by atoms with Crippen LogP contribution in [-0.4, -0.2) is 0 Å². The van der Waals surface area contributed by atoms with Crippen LogP contribution < -0.4 is 0 Å². The maximum atomic E-state index is 15.0. The Hall–Kier alpha value is -1.84. The van der Waals surface area contributed by atoms with E-state index in [1.807, 2.05) is 6.92 Å². The Kier molecular flexibility index (Phi) is 5.72. The highest BCUT2D eigenvalue weighted by atomic mass is 19.2. The second-order valence-electron chi connectivity index (χ2n) is 8.99. The zero-order valence-corrected chi connectivity index (χ0v) is 17.2. The van der Waals surface area contributed by atoms with Gasteiger partial charge in [-0.3, -0.25) is 0 Å².